The van der Waals surface area contributed by atoms with Crippen LogP contribution in [0.15, 0.2) is 83.5 Å². The maximum absolute atomic E-state index is 13.3. The molecule has 188 valence electrons. The molecule has 3 amide bonds. The number of nitrogens with one attached hydrogen (secondary N) is 1. The minimum atomic E-state index is -0.362. The Balaban J connectivity index is 1.21. The summed E-state index contributed by atoms with van der Waals surface area (Å²) >= 11 is 0. The molecule has 6 rings (SSSR count). The highest BCUT2D eigenvalue weighted by atomic mass is 16.3. The Morgan fingerprint density at radius 2 is 1.58 bits per heavy atom. The summed E-state index contributed by atoms with van der Waals surface area (Å²) in [5.74, 6) is -0.537. The van der Waals surface area contributed by atoms with E-state index in [9.17, 15) is 14.4 Å². The smallest absolute Gasteiger partial charge is 0.265 e. The summed E-state index contributed by atoms with van der Waals surface area (Å²) in [7, 11) is 0. The van der Waals surface area contributed by atoms with Gasteiger partial charge in [-0.1, -0.05) is 38.1 Å². The van der Waals surface area contributed by atoms with Crippen molar-refractivity contribution >= 4 is 50.8 Å². The summed E-state index contributed by atoms with van der Waals surface area (Å²) in [6.45, 7) is 6.36. The van der Waals surface area contributed by atoms with Crippen LogP contribution in [0, 0.1) is 6.92 Å². The Hall–Kier alpha value is -4.71. The quantitative estimate of drug-likeness (QED) is 0.263. The Labute approximate surface area is 219 Å². The van der Waals surface area contributed by atoms with Crippen molar-refractivity contribution in [1.82, 2.24) is 0 Å². The number of imide groups is 1. The molecule has 6 heteroatoms. The van der Waals surface area contributed by atoms with E-state index in [1.165, 1.54) is 16.0 Å². The number of hydrogen-bond donors (Lipinski definition) is 1. The summed E-state index contributed by atoms with van der Waals surface area (Å²) < 4.78 is 5.72. The third kappa shape index (κ3) is 3.86. The Morgan fingerprint density at radius 1 is 0.921 bits per heavy atom. The fourth-order valence-electron chi connectivity index (χ4n) is 5.34. The van der Waals surface area contributed by atoms with Gasteiger partial charge in [-0.05, 0) is 77.9 Å². The van der Waals surface area contributed by atoms with Crippen LogP contribution in [-0.4, -0.2) is 17.7 Å². The molecule has 0 saturated carbocycles. The number of fused-ring (bicyclic) bond motifs is 1. The average molecular weight is 503 g/mol. The second-order valence-corrected chi connectivity index (χ2v) is 10.0. The summed E-state index contributed by atoms with van der Waals surface area (Å²) in [5.41, 5.74) is 6.02. The zero-order valence-electron chi connectivity index (χ0n) is 21.4. The number of carbonyl (C=O) groups is 3. The van der Waals surface area contributed by atoms with Crippen LogP contribution < -0.4 is 10.2 Å². The summed E-state index contributed by atoms with van der Waals surface area (Å²) in [6.07, 6.45) is 1.81. The molecule has 0 bridgehead atoms. The third-order valence-electron chi connectivity index (χ3n) is 7.20. The maximum atomic E-state index is 13.3. The van der Waals surface area contributed by atoms with Gasteiger partial charge in [0.1, 0.15) is 5.58 Å². The van der Waals surface area contributed by atoms with Gasteiger partial charge in [0.2, 0.25) is 5.91 Å². The Morgan fingerprint density at radius 3 is 2.21 bits per heavy atom. The van der Waals surface area contributed by atoms with Gasteiger partial charge in [-0.15, -0.1) is 0 Å². The van der Waals surface area contributed by atoms with E-state index in [2.05, 4.69) is 32.2 Å². The molecule has 5 aromatic rings. The molecule has 0 spiro atoms. The molecule has 1 N–H and O–H groups in total. The van der Waals surface area contributed by atoms with Crippen molar-refractivity contribution < 1.29 is 18.8 Å². The molecule has 1 aliphatic heterocycles. The SMILES string of the molecule is Cc1cc2occ(CC(=O)Nc3ccc(N4C(=O)c5cccc6cccc(c56)C4=O)cc3)c2cc1C(C)C. The second kappa shape index (κ2) is 8.99. The van der Waals surface area contributed by atoms with E-state index < -0.39 is 0 Å². The normalized spacial score (nSPS) is 13.1. The zero-order valence-corrected chi connectivity index (χ0v) is 21.4. The van der Waals surface area contributed by atoms with Crippen LogP contribution in [0.5, 0.6) is 0 Å². The van der Waals surface area contributed by atoms with Crippen LogP contribution in [0.3, 0.4) is 0 Å². The highest BCUT2D eigenvalue weighted by Gasteiger charge is 2.33. The molecule has 4 aromatic carbocycles. The molecular weight excluding hydrogens is 476 g/mol. The van der Waals surface area contributed by atoms with Crippen molar-refractivity contribution in [2.24, 2.45) is 0 Å². The maximum Gasteiger partial charge on any atom is 0.265 e. The van der Waals surface area contributed by atoms with Gasteiger partial charge in [-0.2, -0.15) is 0 Å². The monoisotopic (exact) mass is 502 g/mol. The van der Waals surface area contributed by atoms with Gasteiger partial charge in [0.05, 0.1) is 18.4 Å². The van der Waals surface area contributed by atoms with Gasteiger partial charge >= 0.3 is 0 Å². The van der Waals surface area contributed by atoms with Gasteiger partial charge in [0.15, 0.2) is 0 Å². The molecule has 0 atom stereocenters. The predicted molar refractivity (Wildman–Crippen MR) is 149 cm³/mol. The summed E-state index contributed by atoms with van der Waals surface area (Å²) in [6, 6.07) is 21.8. The molecule has 0 fully saturated rings. The molecule has 0 radical (unpaired) electrons. The first-order chi connectivity index (χ1) is 18.3. The largest absolute Gasteiger partial charge is 0.464 e. The number of carbonyl (C=O) groups excluding carboxylic acids is 3. The fraction of sp³-hybridized carbons (Fsp3) is 0.156. The number of hydrogen-bond acceptors (Lipinski definition) is 4. The zero-order chi connectivity index (χ0) is 26.6. The molecule has 0 saturated heterocycles. The molecule has 1 aliphatic rings. The van der Waals surface area contributed by atoms with E-state index in [-0.39, 0.29) is 24.1 Å². The van der Waals surface area contributed by atoms with Crippen molar-refractivity contribution in [2.45, 2.75) is 33.1 Å². The van der Waals surface area contributed by atoms with E-state index in [0.29, 0.717) is 33.8 Å². The number of furan rings is 1. The van der Waals surface area contributed by atoms with Crippen molar-refractivity contribution in [3.8, 4) is 0 Å². The van der Waals surface area contributed by atoms with Crippen molar-refractivity contribution in [1.29, 1.82) is 0 Å². The van der Waals surface area contributed by atoms with Crippen LogP contribution in [0.25, 0.3) is 21.7 Å². The minimum absolute atomic E-state index is 0.166. The van der Waals surface area contributed by atoms with E-state index >= 15 is 0 Å². The van der Waals surface area contributed by atoms with Crippen LogP contribution in [-0.2, 0) is 11.2 Å². The average Bonchev–Trinajstić information content (AvgIpc) is 3.28. The van der Waals surface area contributed by atoms with Crippen LogP contribution in [0.2, 0.25) is 0 Å². The highest BCUT2D eigenvalue weighted by Crippen LogP contribution is 2.33. The van der Waals surface area contributed by atoms with Crippen LogP contribution >= 0.6 is 0 Å². The standard InChI is InChI=1S/C32H26N2O4/c1-18(2)26-16-27-21(17-38-28(27)14-19(26)3)15-29(35)33-22-10-12-23(13-11-22)34-31(36)24-8-4-6-20-7-5-9-25(30(20)24)32(34)37/h4-14,16-18H,15H2,1-3H3,(H,33,35). The molecule has 38 heavy (non-hydrogen) atoms. The fourth-order valence-corrected chi connectivity index (χ4v) is 5.34. The van der Waals surface area contributed by atoms with Gasteiger partial charge in [0.25, 0.3) is 11.8 Å². The molecular formula is C32H26N2O4. The van der Waals surface area contributed by atoms with Gasteiger partial charge < -0.3 is 9.73 Å². The number of nitrogens with zero attached hydrogens (tertiary/aromatic N) is 1. The topological polar surface area (TPSA) is 79.6 Å². The molecule has 0 unspecified atom stereocenters. The number of amides is 3. The molecule has 6 nitrogen and oxygen atoms in total. The molecule has 0 aliphatic carbocycles. The first-order valence-electron chi connectivity index (χ1n) is 12.6. The van der Waals surface area contributed by atoms with E-state index in [4.69, 9.17) is 4.42 Å². The Kier molecular flexibility index (Phi) is 5.60. The van der Waals surface area contributed by atoms with Crippen LogP contribution in [0.1, 0.15) is 57.2 Å². The molecule has 2 heterocycles. The number of aryl methyl sites for hydroxylation is 1. The lowest BCUT2D eigenvalue weighted by Crippen LogP contribution is -2.40. The van der Waals surface area contributed by atoms with E-state index in [0.717, 1.165) is 21.9 Å². The minimum Gasteiger partial charge on any atom is -0.464 e. The predicted octanol–water partition coefficient (Wildman–Crippen LogP) is 7.00. The number of benzene rings is 4. The van der Waals surface area contributed by atoms with Gasteiger partial charge in [-0.25, -0.2) is 4.90 Å². The van der Waals surface area contributed by atoms with Crippen molar-refractivity contribution in [3.05, 3.63) is 107 Å². The number of rotatable bonds is 5. The lowest BCUT2D eigenvalue weighted by atomic mass is 9.94. The first kappa shape index (κ1) is 23.7. The lowest BCUT2D eigenvalue weighted by Gasteiger charge is -2.27. The van der Waals surface area contributed by atoms with Gasteiger partial charge in [0, 0.05) is 33.2 Å². The Bertz CT molecular complexity index is 1710. The number of anilines is 2. The summed E-state index contributed by atoms with van der Waals surface area (Å²) in [5, 5.41) is 5.40. The van der Waals surface area contributed by atoms with E-state index in [1.807, 2.05) is 30.3 Å². The molecule has 1 aromatic heterocycles. The summed E-state index contributed by atoms with van der Waals surface area (Å²) in [4.78, 5) is 40.6. The van der Waals surface area contributed by atoms with E-state index in [1.54, 1.807) is 42.7 Å². The highest BCUT2D eigenvalue weighted by molar-refractivity contribution is 6.35. The van der Waals surface area contributed by atoms with Crippen molar-refractivity contribution in [3.63, 3.8) is 0 Å². The second-order valence-electron chi connectivity index (χ2n) is 10.0. The van der Waals surface area contributed by atoms with Crippen molar-refractivity contribution in [2.75, 3.05) is 10.2 Å². The van der Waals surface area contributed by atoms with Gasteiger partial charge in [-0.3, -0.25) is 14.4 Å². The lowest BCUT2D eigenvalue weighted by molar-refractivity contribution is -0.115. The van der Waals surface area contributed by atoms with Crippen LogP contribution in [0.4, 0.5) is 11.4 Å². The third-order valence-corrected chi connectivity index (χ3v) is 7.20. The first-order valence-corrected chi connectivity index (χ1v) is 12.6.